The summed E-state index contributed by atoms with van der Waals surface area (Å²) in [6.07, 6.45) is 0.0642. The summed E-state index contributed by atoms with van der Waals surface area (Å²) in [5.41, 5.74) is -0.445. The fourth-order valence-electron chi connectivity index (χ4n) is 8.92. The molecule has 12 atom stereocenters. The van der Waals surface area contributed by atoms with Crippen molar-refractivity contribution < 1.29 is 28.3 Å². The fourth-order valence-corrected chi connectivity index (χ4v) is 8.92. The van der Waals surface area contributed by atoms with Crippen LogP contribution in [-0.4, -0.2) is 33.5 Å². The topological polar surface area (TPSA) is 77.8 Å². The van der Waals surface area contributed by atoms with Crippen molar-refractivity contribution in [3.63, 3.8) is 0 Å². The number of fused-ring (bicyclic) bond motifs is 5. The van der Waals surface area contributed by atoms with Gasteiger partial charge in [0, 0.05) is 14.6 Å². The molecule has 0 saturated heterocycles. The molecule has 4 aliphatic rings. The molecule has 4 heteroatoms. The van der Waals surface area contributed by atoms with Crippen molar-refractivity contribution in [2.75, 3.05) is 0 Å². The first kappa shape index (κ1) is 16.1. The lowest BCUT2D eigenvalue weighted by molar-refractivity contribution is -0.203. The minimum absolute atomic E-state index is 0.0555. The standard InChI is InChI=1S/C26H44O4/c1-5-17-21-14-16(27)10-12-26(21,4)20-11-13-25(3)18(15(2)6-9-22(28)29)7-8-19(25)23(20)24(17)30/h15-21,23-24,27,30H,5-14H2,1-4H3,(H,28,29)/t15-,16-,17-,18-,19+,20+,21+,23+,24-,25-,26-/m1/s1/i1D3,5D,9D2/t5?,15-,16-,17-,18-,19+,20+,21+,23+,24-,25-,26-. The molecule has 4 rings (SSSR count). The lowest BCUT2D eigenvalue weighted by Crippen LogP contribution is -2.62. The molecule has 0 heterocycles. The van der Waals surface area contributed by atoms with Crippen LogP contribution in [0.1, 0.15) is 100.0 Å². The minimum Gasteiger partial charge on any atom is -0.481 e. The van der Waals surface area contributed by atoms with Crippen LogP contribution in [0.25, 0.3) is 0 Å². The predicted molar refractivity (Wildman–Crippen MR) is 118 cm³/mol. The van der Waals surface area contributed by atoms with Crippen molar-refractivity contribution in [2.24, 2.45) is 52.3 Å². The second-order valence-electron chi connectivity index (χ2n) is 11.5. The summed E-state index contributed by atoms with van der Waals surface area (Å²) in [7, 11) is 0. The largest absolute Gasteiger partial charge is 0.481 e. The molecule has 4 saturated carbocycles. The van der Waals surface area contributed by atoms with Crippen molar-refractivity contribution in [1.82, 2.24) is 0 Å². The molecule has 0 amide bonds. The Labute approximate surface area is 191 Å². The number of hydrogen-bond acceptors (Lipinski definition) is 3. The molecule has 4 aliphatic carbocycles. The Morgan fingerprint density at radius 1 is 1.10 bits per heavy atom. The van der Waals surface area contributed by atoms with Gasteiger partial charge in [-0.1, -0.05) is 34.0 Å². The molecule has 0 bridgehead atoms. The van der Waals surface area contributed by atoms with E-state index >= 15 is 0 Å². The summed E-state index contributed by atoms with van der Waals surface area (Å²) < 4.78 is 48.6. The van der Waals surface area contributed by atoms with E-state index < -0.39 is 43.7 Å². The number of rotatable bonds is 5. The smallest absolute Gasteiger partial charge is 0.303 e. The molecule has 4 nitrogen and oxygen atoms in total. The molecule has 0 aromatic carbocycles. The first-order valence-electron chi connectivity index (χ1n) is 15.0. The molecule has 0 aromatic rings. The Bertz CT molecular complexity index is 851. The van der Waals surface area contributed by atoms with E-state index in [1.165, 1.54) is 0 Å². The SMILES string of the molecule is [2H]C([C@H]1[C@@H](O)[C@@H]2[C@H](CC[C@]3(C)[C@@H]([C@H](C)CC([2H])([2H])C(=O)O)CC[C@@H]23)[C@@]2(C)CC[C@@H](O)C[C@@H]12)C([2H])([2H])[2H]. The van der Waals surface area contributed by atoms with Gasteiger partial charge in [0.1, 0.15) is 0 Å². The highest BCUT2D eigenvalue weighted by molar-refractivity contribution is 5.66. The molecule has 3 N–H and O–H groups in total. The molecule has 172 valence electrons. The molecule has 30 heavy (non-hydrogen) atoms. The Balaban J connectivity index is 1.69. The van der Waals surface area contributed by atoms with Crippen molar-refractivity contribution in [1.29, 1.82) is 0 Å². The van der Waals surface area contributed by atoms with Gasteiger partial charge in [0.05, 0.1) is 12.2 Å². The zero-order chi connectivity index (χ0) is 27.0. The Kier molecular flexibility index (Phi) is 4.32. The molecule has 0 radical (unpaired) electrons. The molecule has 0 spiro atoms. The number of carboxylic acid groups (broad SMARTS) is 1. The second-order valence-corrected chi connectivity index (χ2v) is 11.5. The second kappa shape index (κ2) is 8.06. The van der Waals surface area contributed by atoms with Gasteiger partial charge in [-0.15, -0.1) is 0 Å². The van der Waals surface area contributed by atoms with E-state index in [0.717, 1.165) is 32.1 Å². The highest BCUT2D eigenvalue weighted by Crippen LogP contribution is 2.69. The van der Waals surface area contributed by atoms with Gasteiger partial charge in [-0.2, -0.15) is 0 Å². The van der Waals surface area contributed by atoms with Gasteiger partial charge in [0.25, 0.3) is 0 Å². The van der Waals surface area contributed by atoms with E-state index in [9.17, 15) is 20.1 Å². The van der Waals surface area contributed by atoms with Gasteiger partial charge in [-0.05, 0) is 104 Å². The van der Waals surface area contributed by atoms with E-state index in [2.05, 4.69) is 13.8 Å². The summed E-state index contributed by atoms with van der Waals surface area (Å²) in [5, 5.41) is 31.7. The van der Waals surface area contributed by atoms with E-state index in [1.54, 1.807) is 0 Å². The third-order valence-electron chi connectivity index (χ3n) is 10.4. The van der Waals surface area contributed by atoms with Gasteiger partial charge in [0.2, 0.25) is 0 Å². The maximum atomic E-state index is 11.9. The van der Waals surface area contributed by atoms with Crippen molar-refractivity contribution in [3.05, 3.63) is 0 Å². The van der Waals surface area contributed by atoms with Crippen LogP contribution in [0.3, 0.4) is 0 Å². The van der Waals surface area contributed by atoms with Crippen LogP contribution in [0.5, 0.6) is 0 Å². The normalized spacial score (nSPS) is 56.4. The average molecular weight is 427 g/mol. The van der Waals surface area contributed by atoms with Crippen LogP contribution in [0.2, 0.25) is 0 Å². The number of aliphatic carboxylic acids is 1. The van der Waals surface area contributed by atoms with Crippen LogP contribution >= 0.6 is 0 Å². The van der Waals surface area contributed by atoms with E-state index in [0.29, 0.717) is 12.8 Å². The van der Waals surface area contributed by atoms with Gasteiger partial charge in [0.15, 0.2) is 0 Å². The predicted octanol–water partition coefficient (Wildman–Crippen LogP) is 5.11. The number of carboxylic acids is 1. The van der Waals surface area contributed by atoms with Gasteiger partial charge in [-0.3, -0.25) is 4.79 Å². The van der Waals surface area contributed by atoms with Crippen molar-refractivity contribution in [2.45, 2.75) is 104 Å². The van der Waals surface area contributed by atoms with E-state index in [4.69, 9.17) is 8.22 Å². The van der Waals surface area contributed by atoms with Crippen LogP contribution < -0.4 is 0 Å². The number of aliphatic hydroxyl groups excluding tert-OH is 2. The summed E-state index contributed by atoms with van der Waals surface area (Å²) in [5.74, 6) is -2.26. The van der Waals surface area contributed by atoms with Crippen LogP contribution in [-0.2, 0) is 4.79 Å². The minimum atomic E-state index is -2.52. The summed E-state index contributed by atoms with van der Waals surface area (Å²) in [6.45, 7) is 3.83. The number of carbonyl (C=O) groups is 1. The lowest BCUT2D eigenvalue weighted by atomic mass is 9.41. The maximum Gasteiger partial charge on any atom is 0.303 e. The first-order chi connectivity index (χ1) is 16.4. The Morgan fingerprint density at radius 3 is 2.50 bits per heavy atom. The van der Waals surface area contributed by atoms with E-state index in [-0.39, 0.29) is 52.8 Å². The first-order valence-corrected chi connectivity index (χ1v) is 12.0. The fraction of sp³-hybridized carbons (Fsp3) is 0.962. The molecular weight excluding hydrogens is 376 g/mol. The lowest BCUT2D eigenvalue weighted by Gasteiger charge is -2.64. The van der Waals surface area contributed by atoms with Gasteiger partial charge < -0.3 is 15.3 Å². The zero-order valence-electron chi connectivity index (χ0n) is 24.7. The highest BCUT2D eigenvalue weighted by atomic mass is 16.4. The van der Waals surface area contributed by atoms with Crippen LogP contribution in [0.15, 0.2) is 0 Å². The molecule has 4 fully saturated rings. The summed E-state index contributed by atoms with van der Waals surface area (Å²) in [4.78, 5) is 11.4. The Hall–Kier alpha value is -0.610. The van der Waals surface area contributed by atoms with E-state index in [1.807, 2.05) is 6.92 Å². The molecule has 0 aliphatic heterocycles. The average Bonchev–Trinajstić information content (AvgIpc) is 3.11. The number of hydrogen-bond donors (Lipinski definition) is 3. The van der Waals surface area contributed by atoms with Gasteiger partial charge >= 0.3 is 5.97 Å². The highest BCUT2D eigenvalue weighted by Gasteiger charge is 2.64. The third kappa shape index (κ3) is 3.36. The molecular formula is C26H44O4. The molecule has 0 aromatic heterocycles. The quantitative estimate of drug-likeness (QED) is 0.570. The summed E-state index contributed by atoms with van der Waals surface area (Å²) in [6, 6.07) is 0. The zero-order valence-corrected chi connectivity index (χ0v) is 18.7. The van der Waals surface area contributed by atoms with Gasteiger partial charge in [-0.25, -0.2) is 0 Å². The number of aliphatic hydroxyl groups is 2. The monoisotopic (exact) mass is 426 g/mol. The third-order valence-corrected chi connectivity index (χ3v) is 10.4. The van der Waals surface area contributed by atoms with Crippen LogP contribution in [0, 0.1) is 52.3 Å². The van der Waals surface area contributed by atoms with Crippen molar-refractivity contribution in [3.8, 4) is 0 Å². The van der Waals surface area contributed by atoms with Crippen molar-refractivity contribution >= 4 is 5.97 Å². The molecule has 1 unspecified atom stereocenters. The Morgan fingerprint density at radius 2 is 1.80 bits per heavy atom. The van der Waals surface area contributed by atoms with Crippen LogP contribution in [0.4, 0.5) is 0 Å². The summed E-state index contributed by atoms with van der Waals surface area (Å²) >= 11 is 0. The maximum absolute atomic E-state index is 11.9.